The summed E-state index contributed by atoms with van der Waals surface area (Å²) in [6.45, 7) is 0.874. The van der Waals surface area contributed by atoms with Crippen molar-refractivity contribution in [1.29, 1.82) is 5.26 Å². The molecule has 2 N–H and O–H groups in total. The Labute approximate surface area is 114 Å². The van der Waals surface area contributed by atoms with Gasteiger partial charge in [-0.3, -0.25) is 0 Å². The highest BCUT2D eigenvalue weighted by atomic mass is 79.9. The van der Waals surface area contributed by atoms with E-state index < -0.39 is 0 Å². The fourth-order valence-electron chi connectivity index (χ4n) is 1.64. The van der Waals surface area contributed by atoms with Gasteiger partial charge in [-0.05, 0) is 40.5 Å². The molecule has 0 aliphatic rings. The van der Waals surface area contributed by atoms with Gasteiger partial charge in [0.25, 0.3) is 0 Å². The lowest BCUT2D eigenvalue weighted by molar-refractivity contribution is 0.816. The molecule has 4 nitrogen and oxygen atoms in total. The standard InChI is InChI=1S/C13H13BrN4/c14-12-8-11(4-3-10(12)9-15)16-5-1-2-13-17-6-7-18-13/h3-4,6-8,16H,1-2,5H2,(H,17,18). The fraction of sp³-hybridized carbons (Fsp3) is 0.231. The van der Waals surface area contributed by atoms with E-state index in [1.165, 1.54) is 0 Å². The topological polar surface area (TPSA) is 64.5 Å². The van der Waals surface area contributed by atoms with Crippen molar-refractivity contribution in [1.82, 2.24) is 9.97 Å². The molecular weight excluding hydrogens is 292 g/mol. The summed E-state index contributed by atoms with van der Waals surface area (Å²) < 4.78 is 0.820. The third-order valence-electron chi connectivity index (χ3n) is 2.56. The number of anilines is 1. The van der Waals surface area contributed by atoms with Gasteiger partial charge in [0.1, 0.15) is 11.9 Å². The monoisotopic (exact) mass is 304 g/mol. The second-order valence-corrected chi connectivity index (χ2v) is 4.73. The first kappa shape index (κ1) is 12.7. The van der Waals surface area contributed by atoms with Crippen LogP contribution in [0, 0.1) is 11.3 Å². The van der Waals surface area contributed by atoms with E-state index in [-0.39, 0.29) is 0 Å². The number of imidazole rings is 1. The lowest BCUT2D eigenvalue weighted by atomic mass is 10.2. The molecule has 0 unspecified atom stereocenters. The van der Waals surface area contributed by atoms with Crippen LogP contribution in [0.4, 0.5) is 5.69 Å². The summed E-state index contributed by atoms with van der Waals surface area (Å²) in [6, 6.07) is 7.76. The van der Waals surface area contributed by atoms with E-state index in [2.05, 4.69) is 37.3 Å². The molecule has 92 valence electrons. The number of hydrogen-bond donors (Lipinski definition) is 2. The third kappa shape index (κ3) is 3.34. The molecule has 0 aliphatic carbocycles. The van der Waals surface area contributed by atoms with Gasteiger partial charge in [0.15, 0.2) is 0 Å². The van der Waals surface area contributed by atoms with Crippen molar-refractivity contribution in [3.63, 3.8) is 0 Å². The number of aromatic amines is 1. The van der Waals surface area contributed by atoms with Crippen molar-refractivity contribution in [2.45, 2.75) is 12.8 Å². The molecular formula is C13H13BrN4. The Bertz CT molecular complexity index is 543. The summed E-state index contributed by atoms with van der Waals surface area (Å²) in [5, 5.41) is 12.1. The summed E-state index contributed by atoms with van der Waals surface area (Å²) in [4.78, 5) is 7.25. The first-order valence-corrected chi connectivity index (χ1v) is 6.50. The predicted molar refractivity (Wildman–Crippen MR) is 74.3 cm³/mol. The number of aryl methyl sites for hydroxylation is 1. The molecule has 0 saturated heterocycles. The van der Waals surface area contributed by atoms with Crippen molar-refractivity contribution in [3.05, 3.63) is 46.5 Å². The number of benzene rings is 1. The van der Waals surface area contributed by atoms with Gasteiger partial charge in [0, 0.05) is 35.5 Å². The molecule has 1 aromatic heterocycles. The fourth-order valence-corrected chi connectivity index (χ4v) is 2.11. The van der Waals surface area contributed by atoms with Crippen molar-refractivity contribution < 1.29 is 0 Å². The number of H-pyrrole nitrogens is 1. The van der Waals surface area contributed by atoms with E-state index in [1.807, 2.05) is 18.3 Å². The van der Waals surface area contributed by atoms with Crippen LogP contribution in [0.25, 0.3) is 0 Å². The van der Waals surface area contributed by atoms with E-state index >= 15 is 0 Å². The molecule has 0 bridgehead atoms. The van der Waals surface area contributed by atoms with Gasteiger partial charge in [-0.15, -0.1) is 0 Å². The highest BCUT2D eigenvalue weighted by Gasteiger charge is 2.00. The maximum absolute atomic E-state index is 8.82. The van der Waals surface area contributed by atoms with E-state index in [0.29, 0.717) is 5.56 Å². The minimum absolute atomic E-state index is 0.649. The van der Waals surface area contributed by atoms with Crippen LogP contribution >= 0.6 is 15.9 Å². The second kappa shape index (κ2) is 6.22. The highest BCUT2D eigenvalue weighted by molar-refractivity contribution is 9.10. The van der Waals surface area contributed by atoms with Crippen LogP contribution in [-0.2, 0) is 6.42 Å². The Morgan fingerprint density at radius 3 is 3.00 bits per heavy atom. The number of nitrogens with one attached hydrogen (secondary N) is 2. The molecule has 18 heavy (non-hydrogen) atoms. The SMILES string of the molecule is N#Cc1ccc(NCCCc2ncc[nH]2)cc1Br. The Morgan fingerprint density at radius 1 is 1.44 bits per heavy atom. The first-order chi connectivity index (χ1) is 8.79. The summed E-state index contributed by atoms with van der Waals surface area (Å²) in [7, 11) is 0. The molecule has 5 heteroatoms. The normalized spacial score (nSPS) is 10.0. The van der Waals surface area contributed by atoms with Gasteiger partial charge in [-0.1, -0.05) is 0 Å². The minimum atomic E-state index is 0.649. The number of aromatic nitrogens is 2. The molecule has 1 heterocycles. The van der Waals surface area contributed by atoms with Crippen LogP contribution in [0.1, 0.15) is 17.8 Å². The maximum atomic E-state index is 8.82. The Kier molecular flexibility index (Phi) is 4.37. The quantitative estimate of drug-likeness (QED) is 0.834. The Balaban J connectivity index is 1.80. The van der Waals surface area contributed by atoms with Gasteiger partial charge in [0.2, 0.25) is 0 Å². The van der Waals surface area contributed by atoms with Gasteiger partial charge < -0.3 is 10.3 Å². The average molecular weight is 305 g/mol. The number of nitriles is 1. The van der Waals surface area contributed by atoms with Gasteiger partial charge in [-0.25, -0.2) is 4.98 Å². The average Bonchev–Trinajstić information content (AvgIpc) is 2.88. The summed E-state index contributed by atoms with van der Waals surface area (Å²) in [6.07, 6.45) is 5.53. The molecule has 2 rings (SSSR count). The molecule has 0 amide bonds. The minimum Gasteiger partial charge on any atom is -0.385 e. The summed E-state index contributed by atoms with van der Waals surface area (Å²) >= 11 is 3.37. The summed E-state index contributed by atoms with van der Waals surface area (Å²) in [5.41, 5.74) is 1.66. The van der Waals surface area contributed by atoms with Crippen LogP contribution in [0.2, 0.25) is 0 Å². The molecule has 1 aromatic carbocycles. The largest absolute Gasteiger partial charge is 0.385 e. The Morgan fingerprint density at radius 2 is 2.33 bits per heavy atom. The van der Waals surface area contributed by atoms with Crippen molar-refractivity contribution >= 4 is 21.6 Å². The van der Waals surface area contributed by atoms with Crippen LogP contribution in [0.15, 0.2) is 35.1 Å². The molecule has 0 atom stereocenters. The third-order valence-corrected chi connectivity index (χ3v) is 3.22. The van der Waals surface area contributed by atoms with Crippen molar-refractivity contribution in [3.8, 4) is 6.07 Å². The Hall–Kier alpha value is -1.80. The number of hydrogen-bond acceptors (Lipinski definition) is 3. The number of rotatable bonds is 5. The van der Waals surface area contributed by atoms with Crippen LogP contribution in [0.3, 0.4) is 0 Å². The molecule has 0 spiro atoms. The molecule has 2 aromatic rings. The molecule has 0 fully saturated rings. The van der Waals surface area contributed by atoms with Crippen molar-refractivity contribution in [2.75, 3.05) is 11.9 Å². The van der Waals surface area contributed by atoms with Gasteiger partial charge >= 0.3 is 0 Å². The lowest BCUT2D eigenvalue weighted by Gasteiger charge is -2.06. The highest BCUT2D eigenvalue weighted by Crippen LogP contribution is 2.20. The lowest BCUT2D eigenvalue weighted by Crippen LogP contribution is -2.03. The molecule has 0 radical (unpaired) electrons. The van der Waals surface area contributed by atoms with E-state index in [4.69, 9.17) is 5.26 Å². The zero-order chi connectivity index (χ0) is 12.8. The second-order valence-electron chi connectivity index (χ2n) is 3.87. The first-order valence-electron chi connectivity index (χ1n) is 5.71. The number of nitrogens with zero attached hydrogens (tertiary/aromatic N) is 2. The van der Waals surface area contributed by atoms with E-state index in [1.54, 1.807) is 12.3 Å². The van der Waals surface area contributed by atoms with E-state index in [0.717, 1.165) is 35.4 Å². The van der Waals surface area contributed by atoms with Crippen LogP contribution in [-0.4, -0.2) is 16.5 Å². The predicted octanol–water partition coefficient (Wildman–Crippen LogP) is 3.09. The molecule has 0 aliphatic heterocycles. The van der Waals surface area contributed by atoms with Gasteiger partial charge in [-0.2, -0.15) is 5.26 Å². The molecule has 0 saturated carbocycles. The van der Waals surface area contributed by atoms with Crippen LogP contribution < -0.4 is 5.32 Å². The summed E-state index contributed by atoms with van der Waals surface area (Å²) in [5.74, 6) is 1.01. The maximum Gasteiger partial charge on any atom is 0.106 e. The van der Waals surface area contributed by atoms with Crippen LogP contribution in [0.5, 0.6) is 0 Å². The zero-order valence-electron chi connectivity index (χ0n) is 9.78. The van der Waals surface area contributed by atoms with E-state index in [9.17, 15) is 0 Å². The smallest absolute Gasteiger partial charge is 0.106 e. The zero-order valence-corrected chi connectivity index (χ0v) is 11.4. The van der Waals surface area contributed by atoms with Crippen molar-refractivity contribution in [2.24, 2.45) is 0 Å². The number of halogens is 1. The van der Waals surface area contributed by atoms with Gasteiger partial charge in [0.05, 0.1) is 5.56 Å².